The Labute approximate surface area is 116 Å². The largest absolute Gasteiger partial charge is 0.508 e. The van der Waals surface area contributed by atoms with Crippen molar-refractivity contribution in [2.45, 2.75) is 6.10 Å². The Bertz CT molecular complexity index is 591. The van der Waals surface area contributed by atoms with Gasteiger partial charge in [-0.3, -0.25) is 0 Å². The van der Waals surface area contributed by atoms with Gasteiger partial charge in [0, 0.05) is 24.7 Å². The molecular weight excluding hydrogens is 264 g/mol. The Morgan fingerprint density at radius 1 is 1.42 bits per heavy atom. The number of alkyl halides is 1. The van der Waals surface area contributed by atoms with Gasteiger partial charge >= 0.3 is 0 Å². The summed E-state index contributed by atoms with van der Waals surface area (Å²) in [4.78, 5) is 6.62. The molecule has 0 aliphatic carbocycles. The Kier molecular flexibility index (Phi) is 3.44. The van der Waals surface area contributed by atoms with Gasteiger partial charge in [-0.2, -0.15) is 0 Å². The summed E-state index contributed by atoms with van der Waals surface area (Å²) >= 11 is 5.86. The zero-order valence-corrected chi connectivity index (χ0v) is 11.2. The first-order valence-corrected chi connectivity index (χ1v) is 6.81. The molecule has 1 unspecified atom stereocenters. The van der Waals surface area contributed by atoms with Crippen molar-refractivity contribution in [3.05, 3.63) is 30.5 Å². The maximum Gasteiger partial charge on any atom is 0.136 e. The summed E-state index contributed by atoms with van der Waals surface area (Å²) in [7, 11) is 0. The number of fused-ring (bicyclic) bond motifs is 1. The molecule has 1 aliphatic heterocycles. The van der Waals surface area contributed by atoms with Gasteiger partial charge in [0.15, 0.2) is 0 Å². The van der Waals surface area contributed by atoms with Gasteiger partial charge in [-0.05, 0) is 23.6 Å². The third kappa shape index (κ3) is 2.46. The van der Waals surface area contributed by atoms with Crippen LogP contribution < -0.4 is 4.90 Å². The number of rotatable bonds is 2. The second kappa shape index (κ2) is 5.23. The summed E-state index contributed by atoms with van der Waals surface area (Å²) < 4.78 is 5.56. The summed E-state index contributed by atoms with van der Waals surface area (Å²) in [6.45, 7) is 2.16. The van der Waals surface area contributed by atoms with Gasteiger partial charge in [-0.25, -0.2) is 4.98 Å². The van der Waals surface area contributed by atoms with E-state index in [4.69, 9.17) is 16.3 Å². The van der Waals surface area contributed by atoms with Crippen LogP contribution in [0.3, 0.4) is 0 Å². The number of anilines is 1. The molecule has 4 nitrogen and oxygen atoms in total. The lowest BCUT2D eigenvalue weighted by molar-refractivity contribution is 0.0553. The lowest BCUT2D eigenvalue weighted by atomic mass is 10.1. The van der Waals surface area contributed by atoms with E-state index in [1.165, 1.54) is 0 Å². The number of morpholine rings is 1. The van der Waals surface area contributed by atoms with E-state index < -0.39 is 0 Å². The fourth-order valence-electron chi connectivity index (χ4n) is 2.40. The zero-order chi connectivity index (χ0) is 13.2. The molecule has 1 N–H and O–H groups in total. The molecular formula is C14H15ClN2O2. The molecule has 0 bridgehead atoms. The predicted molar refractivity (Wildman–Crippen MR) is 76.1 cm³/mol. The molecule has 3 rings (SSSR count). The maximum atomic E-state index is 9.66. The number of hydrogen-bond donors (Lipinski definition) is 1. The molecule has 0 spiro atoms. The number of aromatic hydroxyl groups is 1. The summed E-state index contributed by atoms with van der Waals surface area (Å²) in [5, 5.41) is 11.7. The monoisotopic (exact) mass is 278 g/mol. The lowest BCUT2D eigenvalue weighted by Gasteiger charge is -2.33. The highest BCUT2D eigenvalue weighted by Crippen LogP contribution is 2.28. The number of phenolic OH excluding ortho intramolecular Hbond substituents is 1. The second-order valence-electron chi connectivity index (χ2n) is 4.63. The van der Waals surface area contributed by atoms with Crippen molar-refractivity contribution in [1.29, 1.82) is 0 Å². The highest BCUT2D eigenvalue weighted by molar-refractivity contribution is 6.18. The number of aromatic nitrogens is 1. The molecule has 2 aromatic rings. The first-order valence-electron chi connectivity index (χ1n) is 6.28. The minimum Gasteiger partial charge on any atom is -0.508 e. The van der Waals surface area contributed by atoms with Crippen LogP contribution in [0.15, 0.2) is 30.5 Å². The van der Waals surface area contributed by atoms with Crippen LogP contribution in [0.25, 0.3) is 10.8 Å². The minimum atomic E-state index is 0.0322. The number of nitrogens with zero attached hydrogens (tertiary/aromatic N) is 2. The number of pyridine rings is 1. The molecule has 1 fully saturated rings. The number of phenols is 1. The van der Waals surface area contributed by atoms with Crippen molar-refractivity contribution >= 4 is 28.2 Å². The highest BCUT2D eigenvalue weighted by Gasteiger charge is 2.22. The van der Waals surface area contributed by atoms with Crippen LogP contribution in [-0.4, -0.2) is 41.8 Å². The molecule has 2 heterocycles. The number of halogens is 1. The van der Waals surface area contributed by atoms with E-state index >= 15 is 0 Å². The Hall–Kier alpha value is -1.52. The first kappa shape index (κ1) is 12.5. The van der Waals surface area contributed by atoms with Crippen LogP contribution in [0.5, 0.6) is 5.75 Å². The van der Waals surface area contributed by atoms with Crippen LogP contribution in [0.1, 0.15) is 0 Å². The normalized spacial score (nSPS) is 19.8. The van der Waals surface area contributed by atoms with Crippen molar-refractivity contribution in [2.24, 2.45) is 0 Å². The standard InChI is InChI=1S/C14H15ClN2O2/c15-8-12-9-17(5-6-19-12)14-13-7-11(18)2-1-10(13)3-4-16-14/h1-4,7,12,18H,5-6,8-9H2. The topological polar surface area (TPSA) is 45.6 Å². The van der Waals surface area contributed by atoms with Gasteiger partial charge in [0.05, 0.1) is 18.6 Å². The van der Waals surface area contributed by atoms with Crippen molar-refractivity contribution in [2.75, 3.05) is 30.5 Å². The molecule has 1 aromatic carbocycles. The fraction of sp³-hybridized carbons (Fsp3) is 0.357. The molecule has 5 heteroatoms. The van der Waals surface area contributed by atoms with Gasteiger partial charge in [0.1, 0.15) is 11.6 Å². The van der Waals surface area contributed by atoms with E-state index in [0.29, 0.717) is 12.5 Å². The van der Waals surface area contributed by atoms with Crippen LogP contribution in [-0.2, 0) is 4.74 Å². The minimum absolute atomic E-state index is 0.0322. The third-order valence-corrected chi connectivity index (χ3v) is 3.68. The van der Waals surface area contributed by atoms with E-state index in [1.807, 2.05) is 12.1 Å². The molecule has 1 saturated heterocycles. The second-order valence-corrected chi connectivity index (χ2v) is 4.94. The van der Waals surface area contributed by atoms with Gasteiger partial charge in [0.2, 0.25) is 0 Å². The average Bonchev–Trinajstić information content (AvgIpc) is 2.46. The SMILES string of the molecule is Oc1ccc2ccnc(N3CCOC(CCl)C3)c2c1. The number of benzene rings is 1. The lowest BCUT2D eigenvalue weighted by Crippen LogP contribution is -2.43. The number of ether oxygens (including phenoxy) is 1. The van der Waals surface area contributed by atoms with Gasteiger partial charge in [-0.1, -0.05) is 6.07 Å². The smallest absolute Gasteiger partial charge is 0.136 e. The van der Waals surface area contributed by atoms with Gasteiger partial charge < -0.3 is 14.7 Å². The molecule has 1 aromatic heterocycles. The number of hydrogen-bond acceptors (Lipinski definition) is 4. The van der Waals surface area contributed by atoms with E-state index in [-0.39, 0.29) is 11.9 Å². The summed E-state index contributed by atoms with van der Waals surface area (Å²) in [6.07, 6.45) is 1.82. The fourth-order valence-corrected chi connectivity index (χ4v) is 2.58. The van der Waals surface area contributed by atoms with Crippen LogP contribution in [0, 0.1) is 0 Å². The molecule has 100 valence electrons. The van der Waals surface area contributed by atoms with Crippen LogP contribution in [0.4, 0.5) is 5.82 Å². The highest BCUT2D eigenvalue weighted by atomic mass is 35.5. The van der Waals surface area contributed by atoms with Crippen molar-refractivity contribution in [3.63, 3.8) is 0 Å². The third-order valence-electron chi connectivity index (χ3n) is 3.34. The maximum absolute atomic E-state index is 9.66. The molecule has 1 aliphatic rings. The predicted octanol–water partition coefficient (Wildman–Crippen LogP) is 2.38. The summed E-state index contributed by atoms with van der Waals surface area (Å²) in [6, 6.07) is 7.28. The van der Waals surface area contributed by atoms with E-state index in [9.17, 15) is 5.11 Å². The van der Waals surface area contributed by atoms with Gasteiger partial charge in [-0.15, -0.1) is 11.6 Å². The van der Waals surface area contributed by atoms with Crippen molar-refractivity contribution in [1.82, 2.24) is 4.98 Å². The van der Waals surface area contributed by atoms with E-state index in [0.717, 1.165) is 29.7 Å². The Balaban J connectivity index is 2.02. The molecule has 19 heavy (non-hydrogen) atoms. The first-order chi connectivity index (χ1) is 9.28. The van der Waals surface area contributed by atoms with Crippen molar-refractivity contribution < 1.29 is 9.84 Å². The summed E-state index contributed by atoms with van der Waals surface area (Å²) in [5.41, 5.74) is 0. The van der Waals surface area contributed by atoms with Crippen molar-refractivity contribution in [3.8, 4) is 5.75 Å². The van der Waals surface area contributed by atoms with Gasteiger partial charge in [0.25, 0.3) is 0 Å². The Morgan fingerprint density at radius 3 is 3.16 bits per heavy atom. The Morgan fingerprint density at radius 2 is 2.32 bits per heavy atom. The summed E-state index contributed by atoms with van der Waals surface area (Å²) in [5.74, 6) is 1.61. The molecule has 0 radical (unpaired) electrons. The van der Waals surface area contributed by atoms with E-state index in [2.05, 4.69) is 9.88 Å². The van der Waals surface area contributed by atoms with Crippen LogP contribution in [0.2, 0.25) is 0 Å². The zero-order valence-electron chi connectivity index (χ0n) is 10.4. The molecule has 1 atom stereocenters. The molecule has 0 amide bonds. The van der Waals surface area contributed by atoms with Crippen LogP contribution >= 0.6 is 11.6 Å². The quantitative estimate of drug-likeness (QED) is 0.857. The molecule has 0 saturated carbocycles. The average molecular weight is 279 g/mol. The van der Waals surface area contributed by atoms with E-state index in [1.54, 1.807) is 18.3 Å².